The fourth-order valence-electron chi connectivity index (χ4n) is 2.69. The van der Waals surface area contributed by atoms with Gasteiger partial charge in [-0.05, 0) is 52.6 Å². The van der Waals surface area contributed by atoms with E-state index >= 15 is 0 Å². The second-order valence-electron chi connectivity index (χ2n) is 6.46. The molecule has 118 valence electrons. The number of benzene rings is 1. The van der Waals surface area contributed by atoms with Gasteiger partial charge in [-0.25, -0.2) is 0 Å². The molecule has 3 nitrogen and oxygen atoms in total. The molecule has 2 N–H and O–H groups in total. The molecule has 0 spiro atoms. The lowest BCUT2D eigenvalue weighted by Gasteiger charge is -2.34. The van der Waals surface area contributed by atoms with E-state index < -0.39 is 5.41 Å². The van der Waals surface area contributed by atoms with Gasteiger partial charge in [0.05, 0.1) is 5.41 Å². The maximum atomic E-state index is 12.6. The van der Waals surface area contributed by atoms with Crippen LogP contribution in [-0.2, 0) is 10.2 Å². The first-order chi connectivity index (χ1) is 9.41. The summed E-state index contributed by atoms with van der Waals surface area (Å²) in [5.74, 6) is 0.113. The molecule has 2 rings (SSSR count). The highest BCUT2D eigenvalue weighted by molar-refractivity contribution is 5.87. The molecule has 1 heterocycles. The average Bonchev–Trinajstić information content (AvgIpc) is 2.41. The number of amides is 1. The van der Waals surface area contributed by atoms with E-state index in [4.69, 9.17) is 0 Å². The lowest BCUT2D eigenvalue weighted by Crippen LogP contribution is -2.55. The van der Waals surface area contributed by atoms with E-state index in [9.17, 15) is 4.79 Å². The first kappa shape index (κ1) is 18.0. The van der Waals surface area contributed by atoms with E-state index in [-0.39, 0.29) is 24.4 Å². The molecule has 2 unspecified atom stereocenters. The van der Waals surface area contributed by atoms with E-state index in [2.05, 4.69) is 48.7 Å². The number of piperidine rings is 1. The first-order valence-electron chi connectivity index (χ1n) is 7.53. The molecule has 1 aliphatic heterocycles. The number of hydrogen-bond acceptors (Lipinski definition) is 2. The molecule has 2 atom stereocenters. The van der Waals surface area contributed by atoms with Crippen LogP contribution in [0, 0.1) is 6.92 Å². The van der Waals surface area contributed by atoms with Crippen LogP contribution in [0.25, 0.3) is 0 Å². The van der Waals surface area contributed by atoms with Crippen molar-refractivity contribution in [1.29, 1.82) is 0 Å². The summed E-state index contributed by atoms with van der Waals surface area (Å²) in [7, 11) is 0. The number of aryl methyl sites for hydroxylation is 1. The highest BCUT2D eigenvalue weighted by Gasteiger charge is 2.32. The number of carbonyl (C=O) groups excluding carboxylic acids is 1. The van der Waals surface area contributed by atoms with Crippen LogP contribution in [0.1, 0.15) is 44.7 Å². The number of hydrogen-bond donors (Lipinski definition) is 2. The molecule has 0 aliphatic carbocycles. The molecule has 0 aromatic heterocycles. The number of nitrogens with one attached hydrogen (secondary N) is 2. The molecule has 1 aromatic carbocycles. The van der Waals surface area contributed by atoms with Crippen LogP contribution in [-0.4, -0.2) is 24.5 Å². The van der Waals surface area contributed by atoms with Crippen molar-refractivity contribution in [2.45, 2.75) is 58.0 Å². The maximum absolute atomic E-state index is 12.6. The molecular weight excluding hydrogens is 284 g/mol. The lowest BCUT2D eigenvalue weighted by molar-refractivity contribution is -0.126. The van der Waals surface area contributed by atoms with Crippen LogP contribution in [0.2, 0.25) is 0 Å². The molecule has 1 amide bonds. The summed E-state index contributed by atoms with van der Waals surface area (Å²) in [5, 5.41) is 6.64. The Morgan fingerprint density at radius 1 is 1.29 bits per heavy atom. The fraction of sp³-hybridized carbons (Fsp3) is 0.588. The Balaban J connectivity index is 0.00000220. The average molecular weight is 311 g/mol. The minimum atomic E-state index is -0.495. The minimum Gasteiger partial charge on any atom is -0.351 e. The van der Waals surface area contributed by atoms with Crippen molar-refractivity contribution in [1.82, 2.24) is 10.6 Å². The predicted octanol–water partition coefficient (Wildman–Crippen LogP) is 2.95. The molecule has 21 heavy (non-hydrogen) atoms. The summed E-state index contributed by atoms with van der Waals surface area (Å²) in [4.78, 5) is 12.6. The van der Waals surface area contributed by atoms with E-state index in [1.165, 1.54) is 5.56 Å². The summed E-state index contributed by atoms with van der Waals surface area (Å²) in [6.45, 7) is 9.24. The SMILES string of the molecule is Cc1ccc(C(C)(C)C(=O)NC2CCCNC2C)cc1.Cl. The van der Waals surface area contributed by atoms with Crippen molar-refractivity contribution in [3.05, 3.63) is 35.4 Å². The van der Waals surface area contributed by atoms with Crippen LogP contribution in [0.4, 0.5) is 0 Å². The third-order valence-corrected chi connectivity index (χ3v) is 4.42. The predicted molar refractivity (Wildman–Crippen MR) is 90.1 cm³/mol. The van der Waals surface area contributed by atoms with Crippen molar-refractivity contribution in [3.8, 4) is 0 Å². The van der Waals surface area contributed by atoms with E-state index in [1.54, 1.807) is 0 Å². The zero-order valence-corrected chi connectivity index (χ0v) is 14.2. The zero-order chi connectivity index (χ0) is 14.8. The second kappa shape index (κ2) is 7.28. The molecular formula is C17H27ClN2O. The third kappa shape index (κ3) is 4.21. The summed E-state index contributed by atoms with van der Waals surface area (Å²) in [6, 6.07) is 8.82. The lowest BCUT2D eigenvalue weighted by atomic mass is 9.82. The molecule has 1 aromatic rings. The Labute approximate surface area is 134 Å². The Kier molecular flexibility index (Phi) is 6.24. The Bertz CT molecular complexity index is 470. The van der Waals surface area contributed by atoms with Crippen molar-refractivity contribution in [3.63, 3.8) is 0 Å². The summed E-state index contributed by atoms with van der Waals surface area (Å²) in [6.07, 6.45) is 2.18. The summed E-state index contributed by atoms with van der Waals surface area (Å²) in [5.41, 5.74) is 1.79. The van der Waals surface area contributed by atoms with Crippen LogP contribution in [0.5, 0.6) is 0 Å². The smallest absolute Gasteiger partial charge is 0.230 e. The van der Waals surface area contributed by atoms with Gasteiger partial charge in [-0.15, -0.1) is 12.4 Å². The first-order valence-corrected chi connectivity index (χ1v) is 7.53. The van der Waals surface area contributed by atoms with Gasteiger partial charge < -0.3 is 10.6 Å². The maximum Gasteiger partial charge on any atom is 0.230 e. The van der Waals surface area contributed by atoms with Gasteiger partial charge in [0.2, 0.25) is 5.91 Å². The normalized spacial score (nSPS) is 22.3. The van der Waals surface area contributed by atoms with Gasteiger partial charge in [0.1, 0.15) is 0 Å². The van der Waals surface area contributed by atoms with Crippen molar-refractivity contribution in [2.24, 2.45) is 0 Å². The Morgan fingerprint density at radius 2 is 1.90 bits per heavy atom. The topological polar surface area (TPSA) is 41.1 Å². The molecule has 0 radical (unpaired) electrons. The Morgan fingerprint density at radius 3 is 2.48 bits per heavy atom. The van der Waals surface area contributed by atoms with E-state index in [0.29, 0.717) is 6.04 Å². The Hall–Kier alpha value is -1.06. The number of rotatable bonds is 3. The van der Waals surface area contributed by atoms with E-state index in [0.717, 1.165) is 24.9 Å². The third-order valence-electron chi connectivity index (χ3n) is 4.42. The van der Waals surface area contributed by atoms with Gasteiger partial charge in [0.15, 0.2) is 0 Å². The minimum absolute atomic E-state index is 0. The van der Waals surface area contributed by atoms with Crippen LogP contribution >= 0.6 is 12.4 Å². The van der Waals surface area contributed by atoms with E-state index in [1.807, 2.05) is 13.8 Å². The monoisotopic (exact) mass is 310 g/mol. The summed E-state index contributed by atoms with van der Waals surface area (Å²) < 4.78 is 0. The molecule has 1 fully saturated rings. The van der Waals surface area contributed by atoms with Gasteiger partial charge >= 0.3 is 0 Å². The van der Waals surface area contributed by atoms with Gasteiger partial charge in [-0.2, -0.15) is 0 Å². The van der Waals surface area contributed by atoms with Crippen LogP contribution in [0.15, 0.2) is 24.3 Å². The van der Waals surface area contributed by atoms with Crippen molar-refractivity contribution in [2.75, 3.05) is 6.54 Å². The molecule has 1 saturated heterocycles. The van der Waals surface area contributed by atoms with Gasteiger partial charge in [-0.3, -0.25) is 4.79 Å². The van der Waals surface area contributed by atoms with Crippen molar-refractivity contribution < 1.29 is 4.79 Å². The highest BCUT2D eigenvalue weighted by atomic mass is 35.5. The van der Waals surface area contributed by atoms with Gasteiger partial charge in [-0.1, -0.05) is 29.8 Å². The van der Waals surface area contributed by atoms with Crippen LogP contribution in [0.3, 0.4) is 0 Å². The molecule has 0 saturated carbocycles. The molecule has 0 bridgehead atoms. The summed E-state index contributed by atoms with van der Waals surface area (Å²) >= 11 is 0. The number of carbonyl (C=O) groups is 1. The zero-order valence-electron chi connectivity index (χ0n) is 13.4. The van der Waals surface area contributed by atoms with Gasteiger partial charge in [0.25, 0.3) is 0 Å². The van der Waals surface area contributed by atoms with Gasteiger partial charge in [0, 0.05) is 12.1 Å². The fourth-order valence-corrected chi connectivity index (χ4v) is 2.69. The quantitative estimate of drug-likeness (QED) is 0.901. The highest BCUT2D eigenvalue weighted by Crippen LogP contribution is 2.24. The molecule has 4 heteroatoms. The van der Waals surface area contributed by atoms with Crippen LogP contribution < -0.4 is 10.6 Å². The second-order valence-corrected chi connectivity index (χ2v) is 6.46. The molecule has 1 aliphatic rings. The number of halogens is 1. The largest absolute Gasteiger partial charge is 0.351 e. The van der Waals surface area contributed by atoms with Crippen molar-refractivity contribution >= 4 is 18.3 Å². The standard InChI is InChI=1S/C17H26N2O.ClH/c1-12-7-9-14(10-8-12)17(3,4)16(20)19-15-6-5-11-18-13(15)2;/h7-10,13,15,18H,5-6,11H2,1-4H3,(H,19,20);1H.